The smallest absolute Gasteiger partial charge is 0.171 e. The van der Waals surface area contributed by atoms with Gasteiger partial charge in [-0.3, -0.25) is 0 Å². The van der Waals surface area contributed by atoms with Crippen LogP contribution in [0.2, 0.25) is 0 Å². The lowest BCUT2D eigenvalue weighted by Gasteiger charge is -2.20. The molecule has 1 aliphatic heterocycles. The summed E-state index contributed by atoms with van der Waals surface area (Å²) in [7, 11) is 0. The molecule has 122 valence electrons. The Balaban J connectivity index is 0.00000169. The van der Waals surface area contributed by atoms with Crippen molar-refractivity contribution >= 4 is 23.5 Å². The summed E-state index contributed by atoms with van der Waals surface area (Å²) in [6.45, 7) is 0.791. The van der Waals surface area contributed by atoms with E-state index in [0.717, 1.165) is 0 Å². The molecular weight excluding hydrogens is 402 g/mol. The first-order valence-electron chi connectivity index (χ1n) is 7.53. The number of rotatable bonds is 3. The fourth-order valence-corrected chi connectivity index (χ4v) is 5.08. The summed E-state index contributed by atoms with van der Waals surface area (Å²) in [6.07, 6.45) is 4.05. The Morgan fingerprint density at radius 2 is 1.46 bits per heavy atom. The van der Waals surface area contributed by atoms with Crippen molar-refractivity contribution in [1.82, 2.24) is 0 Å². The van der Waals surface area contributed by atoms with E-state index in [1.54, 1.807) is 0 Å². The molecule has 0 amide bonds. The number of aromatic nitrogens is 1. The van der Waals surface area contributed by atoms with Gasteiger partial charge < -0.3 is 22.1 Å². The fourth-order valence-electron chi connectivity index (χ4n) is 2.68. The molecular formula is C19H16BrNOS2. The van der Waals surface area contributed by atoms with Crippen LogP contribution in [0.1, 0.15) is 0 Å². The highest BCUT2D eigenvalue weighted by molar-refractivity contribution is 8.05. The first-order valence-corrected chi connectivity index (χ1v) is 9.16. The molecule has 2 nitrogen and oxygen atoms in total. The van der Waals surface area contributed by atoms with Crippen molar-refractivity contribution in [3.63, 3.8) is 0 Å². The number of nitrogens with zero attached hydrogens (tertiary/aromatic N) is 1. The van der Waals surface area contributed by atoms with Crippen molar-refractivity contribution in [3.05, 3.63) is 67.0 Å². The maximum absolute atomic E-state index is 9.03. The van der Waals surface area contributed by atoms with Crippen LogP contribution < -0.4 is 21.5 Å². The lowest BCUT2D eigenvalue weighted by Crippen LogP contribution is -3.00. The predicted octanol–water partition coefficient (Wildman–Crippen LogP) is 1.25. The van der Waals surface area contributed by atoms with Crippen LogP contribution in [0.5, 0.6) is 0 Å². The summed E-state index contributed by atoms with van der Waals surface area (Å²) in [4.78, 5) is 5.30. The zero-order valence-corrected chi connectivity index (χ0v) is 16.1. The normalized spacial score (nSPS) is 12.0. The van der Waals surface area contributed by atoms with Gasteiger partial charge in [0.25, 0.3) is 0 Å². The number of benzene rings is 2. The molecule has 0 radical (unpaired) electrons. The van der Waals surface area contributed by atoms with E-state index in [1.807, 2.05) is 40.5 Å². The molecule has 0 fully saturated rings. The summed E-state index contributed by atoms with van der Waals surface area (Å²) in [5.41, 5.74) is 2.48. The lowest BCUT2D eigenvalue weighted by atomic mass is 10.1. The highest BCUT2D eigenvalue weighted by Gasteiger charge is 2.20. The largest absolute Gasteiger partial charge is 1.00 e. The minimum Gasteiger partial charge on any atom is -1.00 e. The van der Waals surface area contributed by atoms with Gasteiger partial charge in [0, 0.05) is 31.7 Å². The average Bonchev–Trinajstić information content (AvgIpc) is 2.60. The van der Waals surface area contributed by atoms with Crippen LogP contribution in [-0.2, 0) is 6.54 Å². The Bertz CT molecular complexity index is 852. The molecule has 0 saturated carbocycles. The van der Waals surface area contributed by atoms with Crippen LogP contribution in [0.25, 0.3) is 11.1 Å². The molecule has 0 atom stereocenters. The second-order valence-electron chi connectivity index (χ2n) is 5.33. The van der Waals surface area contributed by atoms with Crippen molar-refractivity contribution in [3.8, 4) is 11.1 Å². The van der Waals surface area contributed by atoms with Gasteiger partial charge in [-0.15, -0.1) is 0 Å². The van der Waals surface area contributed by atoms with Crippen LogP contribution in [-0.4, -0.2) is 11.7 Å². The van der Waals surface area contributed by atoms with E-state index in [1.165, 1.54) is 30.7 Å². The molecule has 0 spiro atoms. The Labute approximate surface area is 160 Å². The summed E-state index contributed by atoms with van der Waals surface area (Å²) in [5, 5.41) is 9.03. The van der Waals surface area contributed by atoms with Crippen LogP contribution in [0.15, 0.2) is 86.6 Å². The highest BCUT2D eigenvalue weighted by atomic mass is 79.9. The second kappa shape index (κ2) is 7.74. The minimum absolute atomic E-state index is 0. The molecule has 4 rings (SSSR count). The maximum atomic E-state index is 9.03. The molecule has 0 bridgehead atoms. The Hall–Kier alpha value is -1.27. The lowest BCUT2D eigenvalue weighted by molar-refractivity contribution is -0.698. The zero-order valence-electron chi connectivity index (χ0n) is 12.9. The maximum Gasteiger partial charge on any atom is 0.171 e. The van der Waals surface area contributed by atoms with Crippen LogP contribution >= 0.6 is 23.5 Å². The van der Waals surface area contributed by atoms with Crippen molar-refractivity contribution < 1.29 is 26.7 Å². The monoisotopic (exact) mass is 417 g/mol. The summed E-state index contributed by atoms with van der Waals surface area (Å²) >= 11 is 3.69. The molecule has 0 aliphatic carbocycles. The van der Waals surface area contributed by atoms with Crippen LogP contribution in [0.3, 0.4) is 0 Å². The van der Waals surface area contributed by atoms with E-state index in [0.29, 0.717) is 6.54 Å². The quantitative estimate of drug-likeness (QED) is 0.507. The van der Waals surface area contributed by atoms with E-state index in [9.17, 15) is 0 Å². The zero-order chi connectivity index (χ0) is 15.6. The summed E-state index contributed by atoms with van der Waals surface area (Å²) < 4.78 is 2.00. The van der Waals surface area contributed by atoms with Crippen molar-refractivity contribution in [1.29, 1.82) is 0 Å². The summed E-state index contributed by atoms with van der Waals surface area (Å²) in [5.74, 6) is 0. The highest BCUT2D eigenvalue weighted by Crippen LogP contribution is 2.51. The third kappa shape index (κ3) is 3.40. The third-order valence-corrected chi connectivity index (χ3v) is 6.43. The molecule has 0 saturated heterocycles. The number of halogens is 1. The number of aliphatic hydroxyl groups excluding tert-OH is 1. The molecule has 1 N–H and O–H groups in total. The Kier molecular flexibility index (Phi) is 5.66. The first-order chi connectivity index (χ1) is 11.3. The van der Waals surface area contributed by atoms with Gasteiger partial charge in [-0.25, -0.2) is 4.57 Å². The summed E-state index contributed by atoms with van der Waals surface area (Å²) in [6, 6.07) is 19.3. The van der Waals surface area contributed by atoms with Crippen LogP contribution in [0.4, 0.5) is 0 Å². The van der Waals surface area contributed by atoms with Gasteiger partial charge in [-0.2, -0.15) is 0 Å². The standard InChI is InChI=1S/C19H16NOS2.BrH/c21-13-12-20-10-8-14(9-11-20)15-4-3-7-18-19(15)23-17-6-2-1-5-16(17)22-18;/h1-11,21H,12-13H2;1H/q+1;/p-1. The predicted molar refractivity (Wildman–Crippen MR) is 93.8 cm³/mol. The molecule has 5 heteroatoms. The number of hydrogen-bond donors (Lipinski definition) is 1. The van der Waals surface area contributed by atoms with Gasteiger partial charge in [-0.05, 0) is 29.3 Å². The Morgan fingerprint density at radius 1 is 0.792 bits per heavy atom. The minimum atomic E-state index is 0. The van der Waals surface area contributed by atoms with Crippen molar-refractivity contribution in [2.75, 3.05) is 6.61 Å². The van der Waals surface area contributed by atoms with E-state index >= 15 is 0 Å². The van der Waals surface area contributed by atoms with E-state index in [-0.39, 0.29) is 23.6 Å². The molecule has 3 aromatic rings. The van der Waals surface area contributed by atoms with E-state index in [4.69, 9.17) is 5.11 Å². The fraction of sp³-hybridized carbons (Fsp3) is 0.105. The van der Waals surface area contributed by atoms with Gasteiger partial charge in [-0.1, -0.05) is 47.8 Å². The number of aliphatic hydroxyl groups is 1. The molecule has 0 unspecified atom stereocenters. The van der Waals surface area contributed by atoms with E-state index < -0.39 is 0 Å². The third-order valence-electron chi connectivity index (χ3n) is 3.82. The number of pyridine rings is 1. The SMILES string of the molecule is OCC[n+]1ccc(-c2cccc3c2Sc2ccccc2S3)cc1.[Br-]. The average molecular weight is 418 g/mol. The van der Waals surface area contributed by atoms with Crippen molar-refractivity contribution in [2.45, 2.75) is 26.1 Å². The molecule has 1 aliphatic rings. The molecule has 2 heterocycles. The van der Waals surface area contributed by atoms with E-state index in [2.05, 4.69) is 54.6 Å². The molecule has 2 aromatic carbocycles. The van der Waals surface area contributed by atoms with Gasteiger partial charge in [0.05, 0.1) is 0 Å². The number of hydrogen-bond acceptors (Lipinski definition) is 3. The molecule has 1 aromatic heterocycles. The second-order valence-corrected chi connectivity index (χ2v) is 7.47. The topological polar surface area (TPSA) is 24.1 Å². The molecule has 24 heavy (non-hydrogen) atoms. The Morgan fingerprint density at radius 3 is 2.17 bits per heavy atom. The number of fused-ring (bicyclic) bond motifs is 2. The van der Waals surface area contributed by atoms with Crippen molar-refractivity contribution in [2.24, 2.45) is 0 Å². The van der Waals surface area contributed by atoms with Gasteiger partial charge >= 0.3 is 0 Å². The van der Waals surface area contributed by atoms with Crippen LogP contribution in [0, 0.1) is 0 Å². The van der Waals surface area contributed by atoms with Gasteiger partial charge in [0.15, 0.2) is 18.9 Å². The van der Waals surface area contributed by atoms with Gasteiger partial charge in [0.2, 0.25) is 0 Å². The first kappa shape index (κ1) is 17.5. The van der Waals surface area contributed by atoms with Gasteiger partial charge in [0.1, 0.15) is 6.61 Å².